The van der Waals surface area contributed by atoms with Gasteiger partial charge in [-0.3, -0.25) is 14.5 Å². The van der Waals surface area contributed by atoms with E-state index in [9.17, 15) is 9.59 Å². The van der Waals surface area contributed by atoms with Gasteiger partial charge in [-0.15, -0.1) is 0 Å². The molecule has 1 saturated carbocycles. The smallest absolute Gasteiger partial charge is 0.307 e. The molecule has 1 aliphatic heterocycles. The van der Waals surface area contributed by atoms with Gasteiger partial charge in [-0.05, 0) is 26.7 Å². The van der Waals surface area contributed by atoms with Crippen LogP contribution in [-0.4, -0.2) is 61.3 Å². The third-order valence-corrected chi connectivity index (χ3v) is 3.73. The first-order chi connectivity index (χ1) is 9.61. The second-order valence-corrected chi connectivity index (χ2v) is 5.47. The molecule has 6 heteroatoms. The molecule has 2 rings (SSSR count). The number of carbonyl (C=O) groups excluding carboxylic acids is 2. The summed E-state index contributed by atoms with van der Waals surface area (Å²) in [5.74, 6) is -0.198. The monoisotopic (exact) mass is 284 g/mol. The van der Waals surface area contributed by atoms with Gasteiger partial charge < -0.3 is 14.8 Å². The van der Waals surface area contributed by atoms with Crippen molar-refractivity contribution in [3.05, 3.63) is 0 Å². The summed E-state index contributed by atoms with van der Waals surface area (Å²) >= 11 is 0. The lowest BCUT2D eigenvalue weighted by Gasteiger charge is -2.38. The van der Waals surface area contributed by atoms with E-state index in [0.29, 0.717) is 38.8 Å². The predicted molar refractivity (Wildman–Crippen MR) is 73.2 cm³/mol. The van der Waals surface area contributed by atoms with Crippen molar-refractivity contribution in [1.29, 1.82) is 0 Å². The zero-order chi connectivity index (χ0) is 14.5. The maximum absolute atomic E-state index is 12.2. The van der Waals surface area contributed by atoms with Gasteiger partial charge in [0.1, 0.15) is 6.04 Å². The topological polar surface area (TPSA) is 67.9 Å². The molecule has 2 atom stereocenters. The summed E-state index contributed by atoms with van der Waals surface area (Å²) in [5, 5.41) is 3.01. The number of hydrogen-bond donors (Lipinski definition) is 1. The Balaban J connectivity index is 1.90. The van der Waals surface area contributed by atoms with E-state index in [1.165, 1.54) is 0 Å². The summed E-state index contributed by atoms with van der Waals surface area (Å²) < 4.78 is 10.4. The maximum atomic E-state index is 12.2. The fraction of sp³-hybridized carbons (Fsp3) is 0.857. The van der Waals surface area contributed by atoms with Crippen LogP contribution in [0.2, 0.25) is 0 Å². The molecule has 1 heterocycles. The average Bonchev–Trinajstić information content (AvgIpc) is 3.22. The van der Waals surface area contributed by atoms with Gasteiger partial charge in [-0.2, -0.15) is 0 Å². The minimum atomic E-state index is -0.297. The molecule has 2 fully saturated rings. The Kier molecular flexibility index (Phi) is 5.37. The van der Waals surface area contributed by atoms with Gasteiger partial charge >= 0.3 is 5.97 Å². The minimum Gasteiger partial charge on any atom is -0.466 e. The van der Waals surface area contributed by atoms with Crippen LogP contribution in [0.25, 0.3) is 0 Å². The van der Waals surface area contributed by atoms with Crippen molar-refractivity contribution in [2.24, 2.45) is 0 Å². The Bertz CT molecular complexity index is 357. The van der Waals surface area contributed by atoms with Crippen molar-refractivity contribution in [1.82, 2.24) is 10.2 Å². The number of amides is 1. The second kappa shape index (κ2) is 7.04. The van der Waals surface area contributed by atoms with E-state index in [4.69, 9.17) is 9.47 Å². The quantitative estimate of drug-likeness (QED) is 0.711. The Hall–Kier alpha value is -1.14. The van der Waals surface area contributed by atoms with Gasteiger partial charge in [0.15, 0.2) is 0 Å². The van der Waals surface area contributed by atoms with E-state index in [-0.39, 0.29) is 24.0 Å². The van der Waals surface area contributed by atoms with E-state index < -0.39 is 0 Å². The molecule has 1 aliphatic carbocycles. The van der Waals surface area contributed by atoms with Crippen LogP contribution in [0.4, 0.5) is 0 Å². The van der Waals surface area contributed by atoms with Gasteiger partial charge in [-0.1, -0.05) is 0 Å². The third kappa shape index (κ3) is 4.18. The summed E-state index contributed by atoms with van der Waals surface area (Å²) in [4.78, 5) is 25.9. The standard InChI is InChI=1S/C14H24N2O4/c1-3-20-13(17)8-10(2)16-6-7-19-9-12(16)14(18)15-11-4-5-11/h10-12H,3-9H2,1-2H3,(H,15,18). The lowest BCUT2D eigenvalue weighted by atomic mass is 10.1. The van der Waals surface area contributed by atoms with E-state index in [0.717, 1.165) is 12.8 Å². The highest BCUT2D eigenvalue weighted by Gasteiger charge is 2.35. The largest absolute Gasteiger partial charge is 0.466 e. The lowest BCUT2D eigenvalue weighted by Crippen LogP contribution is -2.57. The average molecular weight is 284 g/mol. The van der Waals surface area contributed by atoms with Crippen molar-refractivity contribution >= 4 is 11.9 Å². The number of morpholine rings is 1. The predicted octanol–water partition coefficient (Wildman–Crippen LogP) is 0.308. The van der Waals surface area contributed by atoms with Gasteiger partial charge in [0.2, 0.25) is 5.91 Å². The van der Waals surface area contributed by atoms with E-state index in [1.807, 2.05) is 6.92 Å². The SMILES string of the molecule is CCOC(=O)CC(C)N1CCOCC1C(=O)NC1CC1. The molecule has 2 unspecified atom stereocenters. The molecule has 0 aromatic rings. The molecule has 6 nitrogen and oxygen atoms in total. The third-order valence-electron chi connectivity index (χ3n) is 3.73. The van der Waals surface area contributed by atoms with Crippen molar-refractivity contribution < 1.29 is 19.1 Å². The van der Waals surface area contributed by atoms with Crippen LogP contribution in [0.3, 0.4) is 0 Å². The van der Waals surface area contributed by atoms with E-state index in [1.54, 1.807) is 6.92 Å². The number of hydrogen-bond acceptors (Lipinski definition) is 5. The van der Waals surface area contributed by atoms with Crippen LogP contribution in [0.15, 0.2) is 0 Å². The molecule has 0 aromatic carbocycles. The van der Waals surface area contributed by atoms with Gasteiger partial charge in [0.05, 0.1) is 26.2 Å². The molecule has 114 valence electrons. The number of esters is 1. The molecule has 1 amide bonds. The number of nitrogens with one attached hydrogen (secondary N) is 1. The molecular weight excluding hydrogens is 260 g/mol. The van der Waals surface area contributed by atoms with Crippen molar-refractivity contribution in [3.63, 3.8) is 0 Å². The fourth-order valence-corrected chi connectivity index (χ4v) is 2.47. The minimum absolute atomic E-state index is 0.0166. The van der Waals surface area contributed by atoms with Crippen molar-refractivity contribution in [2.75, 3.05) is 26.4 Å². The van der Waals surface area contributed by atoms with Crippen molar-refractivity contribution in [3.8, 4) is 0 Å². The lowest BCUT2D eigenvalue weighted by molar-refractivity contribution is -0.147. The van der Waals surface area contributed by atoms with Crippen molar-refractivity contribution in [2.45, 2.75) is 51.2 Å². The van der Waals surface area contributed by atoms with Crippen LogP contribution in [0.1, 0.15) is 33.1 Å². The second-order valence-electron chi connectivity index (χ2n) is 5.47. The summed E-state index contributed by atoms with van der Waals surface area (Å²) in [5.41, 5.74) is 0. The number of ether oxygens (including phenoxy) is 2. The first-order valence-electron chi connectivity index (χ1n) is 7.41. The molecule has 0 aromatic heterocycles. The van der Waals surface area contributed by atoms with Crippen LogP contribution in [0, 0.1) is 0 Å². The van der Waals surface area contributed by atoms with Gasteiger partial charge in [0, 0.05) is 18.6 Å². The van der Waals surface area contributed by atoms with Crippen LogP contribution in [-0.2, 0) is 19.1 Å². The summed E-state index contributed by atoms with van der Waals surface area (Å²) in [6, 6.07) is 0.0216. The zero-order valence-corrected chi connectivity index (χ0v) is 12.3. The molecule has 0 spiro atoms. The maximum Gasteiger partial charge on any atom is 0.307 e. The first kappa shape index (κ1) is 15.3. The molecule has 0 bridgehead atoms. The normalized spacial score (nSPS) is 25.0. The molecule has 0 radical (unpaired) electrons. The molecule has 1 saturated heterocycles. The first-order valence-corrected chi connectivity index (χ1v) is 7.41. The highest BCUT2D eigenvalue weighted by atomic mass is 16.5. The number of nitrogens with zero attached hydrogens (tertiary/aromatic N) is 1. The molecule has 2 aliphatic rings. The van der Waals surface area contributed by atoms with E-state index in [2.05, 4.69) is 10.2 Å². The highest BCUT2D eigenvalue weighted by molar-refractivity contribution is 5.82. The Labute approximate surface area is 119 Å². The van der Waals surface area contributed by atoms with E-state index >= 15 is 0 Å². The fourth-order valence-electron chi connectivity index (χ4n) is 2.47. The zero-order valence-electron chi connectivity index (χ0n) is 12.3. The summed E-state index contributed by atoms with van der Waals surface area (Å²) in [6.45, 7) is 5.80. The molecule has 1 N–H and O–H groups in total. The van der Waals surface area contributed by atoms with Gasteiger partial charge in [0.25, 0.3) is 0 Å². The summed E-state index contributed by atoms with van der Waals surface area (Å²) in [6.07, 6.45) is 2.44. The number of carbonyl (C=O) groups is 2. The number of rotatable bonds is 6. The molecule has 20 heavy (non-hydrogen) atoms. The Morgan fingerprint density at radius 3 is 2.85 bits per heavy atom. The van der Waals surface area contributed by atoms with Crippen LogP contribution < -0.4 is 5.32 Å². The van der Waals surface area contributed by atoms with Crippen LogP contribution >= 0.6 is 0 Å². The molecular formula is C14H24N2O4. The Morgan fingerprint density at radius 2 is 2.20 bits per heavy atom. The highest BCUT2D eigenvalue weighted by Crippen LogP contribution is 2.20. The Morgan fingerprint density at radius 1 is 1.45 bits per heavy atom. The van der Waals surface area contributed by atoms with Gasteiger partial charge in [-0.25, -0.2) is 0 Å². The summed E-state index contributed by atoms with van der Waals surface area (Å²) in [7, 11) is 0. The van der Waals surface area contributed by atoms with Crippen LogP contribution in [0.5, 0.6) is 0 Å².